The van der Waals surface area contributed by atoms with Gasteiger partial charge in [-0.25, -0.2) is 15.0 Å². The van der Waals surface area contributed by atoms with Gasteiger partial charge in [-0.2, -0.15) is 0 Å². The Hall–Kier alpha value is -1.95. The van der Waals surface area contributed by atoms with E-state index in [9.17, 15) is 0 Å². The van der Waals surface area contributed by atoms with Crippen molar-refractivity contribution in [3.8, 4) is 0 Å². The molecule has 0 spiro atoms. The van der Waals surface area contributed by atoms with Gasteiger partial charge in [0.15, 0.2) is 0 Å². The summed E-state index contributed by atoms with van der Waals surface area (Å²) in [6.45, 7) is 11.1. The van der Waals surface area contributed by atoms with Crippen LogP contribution in [0.5, 0.6) is 0 Å². The normalized spacial score (nSPS) is 16.2. The Kier molecular flexibility index (Phi) is 5.37. The van der Waals surface area contributed by atoms with E-state index in [-0.39, 0.29) is 0 Å². The third-order valence-corrected chi connectivity index (χ3v) is 4.84. The molecule has 1 aliphatic heterocycles. The fourth-order valence-electron chi connectivity index (χ4n) is 3.35. The fraction of sp³-hybridized carbons (Fsp3) is 0.632. The molecule has 3 heterocycles. The highest BCUT2D eigenvalue weighted by atomic mass is 16.4. The minimum Gasteiger partial charge on any atom is -0.445 e. The minimum atomic E-state index is 0.353. The molecule has 0 N–H and O–H groups in total. The summed E-state index contributed by atoms with van der Waals surface area (Å²) in [6.07, 6.45) is 4.03. The number of nitrogens with zero attached hydrogens (tertiary/aromatic N) is 5. The molecule has 25 heavy (non-hydrogen) atoms. The molecule has 1 aliphatic rings. The number of rotatable bonds is 5. The van der Waals surface area contributed by atoms with Gasteiger partial charge in [0.05, 0.1) is 12.7 Å². The van der Waals surface area contributed by atoms with Gasteiger partial charge in [-0.05, 0) is 33.7 Å². The number of hydrogen-bond donors (Lipinski definition) is 0. The SMILES string of the molecule is Cc1cc(N2CCC(N(C)Cc3ncc(C)o3)CC2)nc(C(C)C)n1. The molecule has 0 atom stereocenters. The van der Waals surface area contributed by atoms with Crippen LogP contribution >= 0.6 is 0 Å². The van der Waals surface area contributed by atoms with E-state index < -0.39 is 0 Å². The molecule has 6 nitrogen and oxygen atoms in total. The van der Waals surface area contributed by atoms with E-state index in [1.165, 1.54) is 0 Å². The molecule has 3 rings (SSSR count). The molecule has 1 fully saturated rings. The van der Waals surface area contributed by atoms with Crippen molar-refractivity contribution in [2.24, 2.45) is 0 Å². The first kappa shape index (κ1) is 17.9. The molecule has 0 aromatic carbocycles. The van der Waals surface area contributed by atoms with Crippen LogP contribution in [0.25, 0.3) is 0 Å². The first-order valence-electron chi connectivity index (χ1n) is 9.14. The molecule has 0 bridgehead atoms. The number of oxazole rings is 1. The van der Waals surface area contributed by atoms with Gasteiger partial charge in [0, 0.05) is 36.8 Å². The monoisotopic (exact) mass is 343 g/mol. The van der Waals surface area contributed by atoms with Gasteiger partial charge < -0.3 is 9.32 Å². The second kappa shape index (κ2) is 7.52. The van der Waals surface area contributed by atoms with Gasteiger partial charge in [0.25, 0.3) is 0 Å². The lowest BCUT2D eigenvalue weighted by Gasteiger charge is -2.37. The Labute approximate surface area is 150 Å². The summed E-state index contributed by atoms with van der Waals surface area (Å²) in [7, 11) is 2.16. The quantitative estimate of drug-likeness (QED) is 0.830. The molecule has 0 aliphatic carbocycles. The lowest BCUT2D eigenvalue weighted by Crippen LogP contribution is -2.43. The Balaban J connectivity index is 1.60. The minimum absolute atomic E-state index is 0.353. The van der Waals surface area contributed by atoms with Crippen molar-refractivity contribution in [1.29, 1.82) is 0 Å². The van der Waals surface area contributed by atoms with Crippen LogP contribution in [0.4, 0.5) is 5.82 Å². The van der Waals surface area contributed by atoms with Crippen LogP contribution in [0.15, 0.2) is 16.7 Å². The van der Waals surface area contributed by atoms with Crippen molar-refractivity contribution in [2.75, 3.05) is 25.0 Å². The van der Waals surface area contributed by atoms with Crippen molar-refractivity contribution < 1.29 is 4.42 Å². The second-order valence-corrected chi connectivity index (χ2v) is 7.38. The van der Waals surface area contributed by atoms with Crippen molar-refractivity contribution in [3.05, 3.63) is 35.4 Å². The zero-order valence-corrected chi connectivity index (χ0v) is 16.0. The Morgan fingerprint density at radius 2 is 1.96 bits per heavy atom. The first-order valence-corrected chi connectivity index (χ1v) is 9.14. The van der Waals surface area contributed by atoms with Gasteiger partial charge in [0.2, 0.25) is 5.89 Å². The maximum atomic E-state index is 5.60. The number of hydrogen-bond acceptors (Lipinski definition) is 6. The van der Waals surface area contributed by atoms with Crippen LogP contribution in [-0.2, 0) is 6.54 Å². The van der Waals surface area contributed by atoms with Gasteiger partial charge in [-0.1, -0.05) is 13.8 Å². The predicted octanol–water partition coefficient (Wildman–Crippen LogP) is 3.31. The summed E-state index contributed by atoms with van der Waals surface area (Å²) < 4.78 is 5.60. The molecular weight excluding hydrogens is 314 g/mol. The van der Waals surface area contributed by atoms with Crippen molar-refractivity contribution in [2.45, 2.75) is 59.0 Å². The summed E-state index contributed by atoms with van der Waals surface area (Å²) in [5.41, 5.74) is 1.05. The molecular formula is C19H29N5O. The van der Waals surface area contributed by atoms with E-state index in [1.54, 1.807) is 6.20 Å². The Bertz CT molecular complexity index is 704. The molecule has 136 valence electrons. The van der Waals surface area contributed by atoms with Gasteiger partial charge in [-0.3, -0.25) is 4.90 Å². The lowest BCUT2D eigenvalue weighted by molar-refractivity contribution is 0.183. The molecule has 6 heteroatoms. The molecule has 2 aromatic rings. The van der Waals surface area contributed by atoms with Gasteiger partial charge in [-0.15, -0.1) is 0 Å². The van der Waals surface area contributed by atoms with Crippen molar-refractivity contribution in [1.82, 2.24) is 19.9 Å². The third-order valence-electron chi connectivity index (χ3n) is 4.84. The van der Waals surface area contributed by atoms with E-state index in [4.69, 9.17) is 9.40 Å². The fourth-order valence-corrected chi connectivity index (χ4v) is 3.35. The van der Waals surface area contributed by atoms with Crippen LogP contribution in [0, 0.1) is 13.8 Å². The Morgan fingerprint density at radius 1 is 1.24 bits per heavy atom. The standard InChI is InChI=1S/C19H29N5O/c1-13(2)19-21-14(3)10-17(22-19)24-8-6-16(7-9-24)23(5)12-18-20-11-15(4)25-18/h10-11,13,16H,6-9,12H2,1-5H3. The molecule has 0 radical (unpaired) electrons. The maximum absolute atomic E-state index is 5.60. The first-order chi connectivity index (χ1) is 11.9. The number of aryl methyl sites for hydroxylation is 2. The topological polar surface area (TPSA) is 58.3 Å². The molecule has 1 saturated heterocycles. The highest BCUT2D eigenvalue weighted by molar-refractivity contribution is 5.40. The van der Waals surface area contributed by atoms with Gasteiger partial charge in [0.1, 0.15) is 17.4 Å². The number of piperidine rings is 1. The summed E-state index contributed by atoms with van der Waals surface area (Å²) in [4.78, 5) is 18.4. The van der Waals surface area contributed by atoms with E-state index in [0.29, 0.717) is 12.0 Å². The zero-order valence-electron chi connectivity index (χ0n) is 16.0. The summed E-state index contributed by atoms with van der Waals surface area (Å²) in [5, 5.41) is 0. The van der Waals surface area contributed by atoms with E-state index in [1.807, 2.05) is 6.92 Å². The second-order valence-electron chi connectivity index (χ2n) is 7.38. The van der Waals surface area contributed by atoms with Crippen LogP contribution < -0.4 is 4.90 Å². The van der Waals surface area contributed by atoms with E-state index >= 15 is 0 Å². The predicted molar refractivity (Wildman–Crippen MR) is 98.8 cm³/mol. The number of aromatic nitrogens is 3. The smallest absolute Gasteiger partial charge is 0.208 e. The molecule has 2 aromatic heterocycles. The Morgan fingerprint density at radius 3 is 2.56 bits per heavy atom. The maximum Gasteiger partial charge on any atom is 0.208 e. The molecule has 0 unspecified atom stereocenters. The highest BCUT2D eigenvalue weighted by Gasteiger charge is 2.24. The van der Waals surface area contributed by atoms with Crippen LogP contribution in [-0.4, -0.2) is 46.0 Å². The average molecular weight is 343 g/mol. The van der Waals surface area contributed by atoms with E-state index in [0.717, 1.165) is 61.5 Å². The van der Waals surface area contributed by atoms with Crippen LogP contribution in [0.2, 0.25) is 0 Å². The summed E-state index contributed by atoms with van der Waals surface area (Å²) in [6, 6.07) is 2.65. The summed E-state index contributed by atoms with van der Waals surface area (Å²) in [5.74, 6) is 4.04. The molecule has 0 saturated carbocycles. The number of anilines is 1. The zero-order chi connectivity index (χ0) is 18.0. The summed E-state index contributed by atoms with van der Waals surface area (Å²) >= 11 is 0. The van der Waals surface area contributed by atoms with Crippen molar-refractivity contribution in [3.63, 3.8) is 0 Å². The van der Waals surface area contributed by atoms with Crippen LogP contribution in [0.1, 0.15) is 55.8 Å². The largest absolute Gasteiger partial charge is 0.445 e. The van der Waals surface area contributed by atoms with E-state index in [2.05, 4.69) is 53.7 Å². The average Bonchev–Trinajstić information content (AvgIpc) is 2.99. The molecule has 0 amide bonds. The highest BCUT2D eigenvalue weighted by Crippen LogP contribution is 2.23. The lowest BCUT2D eigenvalue weighted by atomic mass is 10.0. The van der Waals surface area contributed by atoms with Crippen molar-refractivity contribution >= 4 is 5.82 Å². The van der Waals surface area contributed by atoms with Gasteiger partial charge >= 0.3 is 0 Å². The third kappa shape index (κ3) is 4.37. The van der Waals surface area contributed by atoms with Crippen LogP contribution in [0.3, 0.4) is 0 Å².